The van der Waals surface area contributed by atoms with Crippen LogP contribution in [0, 0.1) is 0 Å². The normalized spacial score (nSPS) is 14.3. The second kappa shape index (κ2) is 5.65. The number of hydrogen-bond donors (Lipinski definition) is 1. The highest BCUT2D eigenvalue weighted by Gasteiger charge is 2.21. The molecule has 1 aliphatic heterocycles. The second-order valence-electron chi connectivity index (χ2n) is 5.33. The molecule has 21 heavy (non-hydrogen) atoms. The van der Waals surface area contributed by atoms with Crippen LogP contribution in [0.5, 0.6) is 0 Å². The molecule has 6 nitrogen and oxygen atoms in total. The standard InChI is InChI=1S/C15H18N4O2/c1-2-5-19-14(16-10-17-19)9-18-7-12-4-3-11(15(20)21)6-13(12)8-18/h3-4,6,10H,2,5,7-9H2,1H3,(H,20,21). The van der Waals surface area contributed by atoms with Gasteiger partial charge in [0, 0.05) is 19.6 Å². The van der Waals surface area contributed by atoms with Crippen LogP contribution in [0.15, 0.2) is 24.5 Å². The van der Waals surface area contributed by atoms with Crippen molar-refractivity contribution in [2.75, 3.05) is 0 Å². The van der Waals surface area contributed by atoms with E-state index in [9.17, 15) is 4.79 Å². The quantitative estimate of drug-likeness (QED) is 0.909. The zero-order chi connectivity index (χ0) is 14.8. The Bertz CT molecular complexity index is 665. The van der Waals surface area contributed by atoms with Crippen molar-refractivity contribution in [1.29, 1.82) is 0 Å². The summed E-state index contributed by atoms with van der Waals surface area (Å²) in [5.74, 6) is 0.0852. The highest BCUT2D eigenvalue weighted by Crippen LogP contribution is 2.25. The van der Waals surface area contributed by atoms with Crippen molar-refractivity contribution in [3.63, 3.8) is 0 Å². The third-order valence-corrected chi connectivity index (χ3v) is 3.74. The van der Waals surface area contributed by atoms with Gasteiger partial charge in [0.1, 0.15) is 12.2 Å². The number of aromatic nitrogens is 3. The lowest BCUT2D eigenvalue weighted by molar-refractivity contribution is 0.0696. The van der Waals surface area contributed by atoms with E-state index in [-0.39, 0.29) is 0 Å². The molecule has 1 aromatic heterocycles. The maximum Gasteiger partial charge on any atom is 0.335 e. The van der Waals surface area contributed by atoms with E-state index in [1.54, 1.807) is 18.5 Å². The molecule has 110 valence electrons. The molecule has 0 fully saturated rings. The van der Waals surface area contributed by atoms with Crippen LogP contribution < -0.4 is 0 Å². The van der Waals surface area contributed by atoms with Gasteiger partial charge in [0.2, 0.25) is 0 Å². The van der Waals surface area contributed by atoms with Crippen LogP contribution in [0.3, 0.4) is 0 Å². The molecule has 0 saturated heterocycles. The molecule has 0 amide bonds. The summed E-state index contributed by atoms with van der Waals surface area (Å²) in [6.45, 7) is 5.31. The number of fused-ring (bicyclic) bond motifs is 1. The fourth-order valence-electron chi connectivity index (χ4n) is 2.72. The number of carboxylic acid groups (broad SMARTS) is 1. The zero-order valence-corrected chi connectivity index (χ0v) is 12.0. The number of benzene rings is 1. The average Bonchev–Trinajstić information content (AvgIpc) is 3.05. The van der Waals surface area contributed by atoms with Gasteiger partial charge in [0.05, 0.1) is 12.1 Å². The highest BCUT2D eigenvalue weighted by molar-refractivity contribution is 5.87. The number of aryl methyl sites for hydroxylation is 1. The fourth-order valence-corrected chi connectivity index (χ4v) is 2.72. The van der Waals surface area contributed by atoms with Gasteiger partial charge in [-0.15, -0.1) is 0 Å². The van der Waals surface area contributed by atoms with E-state index in [1.807, 2.05) is 10.7 Å². The lowest BCUT2D eigenvalue weighted by atomic mass is 10.1. The molecular weight excluding hydrogens is 268 g/mol. The largest absolute Gasteiger partial charge is 0.478 e. The number of nitrogens with zero attached hydrogens (tertiary/aromatic N) is 4. The molecule has 0 unspecified atom stereocenters. The van der Waals surface area contributed by atoms with Crippen LogP contribution in [-0.2, 0) is 26.2 Å². The van der Waals surface area contributed by atoms with Crippen molar-refractivity contribution in [3.05, 3.63) is 47.0 Å². The molecule has 2 heterocycles. The topological polar surface area (TPSA) is 71.2 Å². The van der Waals surface area contributed by atoms with Crippen molar-refractivity contribution in [1.82, 2.24) is 19.7 Å². The lowest BCUT2D eigenvalue weighted by Gasteiger charge is -2.14. The Morgan fingerprint density at radius 1 is 1.33 bits per heavy atom. The van der Waals surface area contributed by atoms with E-state index in [2.05, 4.69) is 21.9 Å². The molecule has 6 heteroatoms. The van der Waals surface area contributed by atoms with Gasteiger partial charge in [-0.2, -0.15) is 5.10 Å². The summed E-state index contributed by atoms with van der Waals surface area (Å²) in [5.41, 5.74) is 2.64. The molecule has 1 aliphatic rings. The average molecular weight is 286 g/mol. The number of carboxylic acids is 1. The van der Waals surface area contributed by atoms with Gasteiger partial charge in [-0.3, -0.25) is 4.90 Å². The van der Waals surface area contributed by atoms with Crippen molar-refractivity contribution in [2.45, 2.75) is 39.5 Å². The first-order valence-electron chi connectivity index (χ1n) is 7.11. The van der Waals surface area contributed by atoms with Gasteiger partial charge in [0.25, 0.3) is 0 Å². The Labute approximate surface area is 123 Å². The van der Waals surface area contributed by atoms with Crippen LogP contribution in [0.1, 0.15) is 40.7 Å². The van der Waals surface area contributed by atoms with Gasteiger partial charge >= 0.3 is 5.97 Å². The maximum absolute atomic E-state index is 11.0. The number of rotatable bonds is 5. The fraction of sp³-hybridized carbons (Fsp3) is 0.400. The monoisotopic (exact) mass is 286 g/mol. The molecule has 0 bridgehead atoms. The molecule has 3 rings (SSSR count). The number of carbonyl (C=O) groups is 1. The summed E-state index contributed by atoms with van der Waals surface area (Å²) in [6.07, 6.45) is 2.62. The van der Waals surface area contributed by atoms with E-state index in [0.29, 0.717) is 5.56 Å². The minimum atomic E-state index is -0.876. The zero-order valence-electron chi connectivity index (χ0n) is 12.0. The Kier molecular flexibility index (Phi) is 3.70. The second-order valence-corrected chi connectivity index (χ2v) is 5.33. The molecule has 0 atom stereocenters. The third kappa shape index (κ3) is 2.80. The Hall–Kier alpha value is -2.21. The number of aromatic carboxylic acids is 1. The first-order chi connectivity index (χ1) is 10.2. The molecule has 0 spiro atoms. The van der Waals surface area contributed by atoms with E-state index in [4.69, 9.17) is 5.11 Å². The van der Waals surface area contributed by atoms with E-state index < -0.39 is 5.97 Å². The van der Waals surface area contributed by atoms with Gasteiger partial charge in [-0.05, 0) is 29.7 Å². The van der Waals surface area contributed by atoms with E-state index in [1.165, 1.54) is 5.56 Å². The molecule has 2 aromatic rings. The first kappa shape index (κ1) is 13.8. The molecule has 0 saturated carbocycles. The van der Waals surface area contributed by atoms with Gasteiger partial charge in [-0.25, -0.2) is 14.5 Å². The van der Waals surface area contributed by atoms with Gasteiger partial charge in [-0.1, -0.05) is 13.0 Å². The molecule has 1 N–H and O–H groups in total. The van der Waals surface area contributed by atoms with Crippen LogP contribution in [-0.4, -0.2) is 30.7 Å². The smallest absolute Gasteiger partial charge is 0.335 e. The van der Waals surface area contributed by atoms with Crippen molar-refractivity contribution in [3.8, 4) is 0 Å². The first-order valence-corrected chi connectivity index (χ1v) is 7.11. The summed E-state index contributed by atoms with van der Waals surface area (Å²) >= 11 is 0. The molecule has 0 radical (unpaired) electrons. The predicted octanol–water partition coefficient (Wildman–Crippen LogP) is 1.90. The summed E-state index contributed by atoms with van der Waals surface area (Å²) in [7, 11) is 0. The number of hydrogen-bond acceptors (Lipinski definition) is 4. The van der Waals surface area contributed by atoms with E-state index >= 15 is 0 Å². The third-order valence-electron chi connectivity index (χ3n) is 3.74. The molecular formula is C15H18N4O2. The van der Waals surface area contributed by atoms with E-state index in [0.717, 1.165) is 44.0 Å². The SMILES string of the molecule is CCCn1ncnc1CN1Cc2ccc(C(=O)O)cc2C1. The van der Waals surface area contributed by atoms with Crippen molar-refractivity contribution >= 4 is 5.97 Å². The van der Waals surface area contributed by atoms with Crippen LogP contribution in [0.2, 0.25) is 0 Å². The summed E-state index contributed by atoms with van der Waals surface area (Å²) in [4.78, 5) is 17.6. The Balaban J connectivity index is 1.72. The Morgan fingerprint density at radius 3 is 2.90 bits per heavy atom. The Morgan fingerprint density at radius 2 is 2.14 bits per heavy atom. The van der Waals surface area contributed by atoms with Crippen LogP contribution in [0.4, 0.5) is 0 Å². The minimum absolute atomic E-state index is 0.352. The van der Waals surface area contributed by atoms with Crippen molar-refractivity contribution in [2.24, 2.45) is 0 Å². The highest BCUT2D eigenvalue weighted by atomic mass is 16.4. The molecule has 0 aliphatic carbocycles. The molecule has 1 aromatic carbocycles. The summed E-state index contributed by atoms with van der Waals surface area (Å²) in [6, 6.07) is 5.36. The maximum atomic E-state index is 11.0. The van der Waals surface area contributed by atoms with Gasteiger partial charge in [0.15, 0.2) is 0 Å². The van der Waals surface area contributed by atoms with Crippen molar-refractivity contribution < 1.29 is 9.90 Å². The predicted molar refractivity (Wildman–Crippen MR) is 76.7 cm³/mol. The van der Waals surface area contributed by atoms with Crippen LogP contribution in [0.25, 0.3) is 0 Å². The summed E-state index contributed by atoms with van der Waals surface area (Å²) in [5, 5.41) is 13.3. The minimum Gasteiger partial charge on any atom is -0.478 e. The van der Waals surface area contributed by atoms with Crippen LogP contribution >= 0.6 is 0 Å². The lowest BCUT2D eigenvalue weighted by Crippen LogP contribution is -2.19. The summed E-state index contributed by atoms with van der Waals surface area (Å²) < 4.78 is 1.94. The van der Waals surface area contributed by atoms with Gasteiger partial charge < -0.3 is 5.11 Å².